The number of carbonyl (C=O) groups excluding carboxylic acids is 1. The number of hydrogen-bond acceptors (Lipinski definition) is 7. The Morgan fingerprint density at radius 2 is 1.74 bits per heavy atom. The van der Waals surface area contributed by atoms with E-state index in [9.17, 15) is 13.2 Å². The first-order valence-corrected chi connectivity index (χ1v) is 14.6. The Hall–Kier alpha value is -4.02. The minimum atomic E-state index is -3.99. The summed E-state index contributed by atoms with van der Waals surface area (Å²) in [5, 5.41) is 1.68. The molecular weight excluding hydrogens is 518 g/mol. The molecular formula is C28H25N5O3S2. The molecule has 1 N–H and O–H groups in total. The zero-order chi connectivity index (χ0) is 26.3. The van der Waals surface area contributed by atoms with Gasteiger partial charge in [-0.05, 0) is 48.9 Å². The fraction of sp³-hybridized carbons (Fsp3) is 0.179. The van der Waals surface area contributed by atoms with Gasteiger partial charge in [-0.15, -0.1) is 0 Å². The van der Waals surface area contributed by atoms with E-state index in [2.05, 4.69) is 33.7 Å². The highest BCUT2D eigenvalue weighted by molar-refractivity contribution is 7.93. The molecule has 192 valence electrons. The molecule has 3 heterocycles. The molecule has 38 heavy (non-hydrogen) atoms. The van der Waals surface area contributed by atoms with Crippen LogP contribution in [0.15, 0.2) is 83.9 Å². The van der Waals surface area contributed by atoms with Crippen LogP contribution in [-0.2, 0) is 10.0 Å². The monoisotopic (exact) mass is 543 g/mol. The number of piperazine rings is 1. The number of hydrogen-bond donors (Lipinski definition) is 1. The minimum absolute atomic E-state index is 0.0671. The molecule has 1 aliphatic heterocycles. The van der Waals surface area contributed by atoms with Crippen molar-refractivity contribution in [1.82, 2.24) is 14.9 Å². The number of nitrogens with zero attached hydrogens (tertiary/aromatic N) is 4. The van der Waals surface area contributed by atoms with Gasteiger partial charge in [-0.2, -0.15) is 0 Å². The molecule has 1 saturated heterocycles. The average Bonchev–Trinajstić information content (AvgIpc) is 3.36. The van der Waals surface area contributed by atoms with Gasteiger partial charge in [0.1, 0.15) is 4.90 Å². The van der Waals surface area contributed by atoms with Crippen LogP contribution in [0.2, 0.25) is 0 Å². The number of pyridine rings is 1. The number of sulfonamides is 1. The number of fused-ring (bicyclic) bond motifs is 2. The lowest BCUT2D eigenvalue weighted by atomic mass is 10.1. The Morgan fingerprint density at radius 3 is 2.58 bits per heavy atom. The van der Waals surface area contributed by atoms with Gasteiger partial charge in [0.15, 0.2) is 5.13 Å². The second-order valence-corrected chi connectivity index (χ2v) is 11.9. The van der Waals surface area contributed by atoms with Crippen LogP contribution >= 0.6 is 11.3 Å². The molecule has 3 aromatic carbocycles. The molecule has 1 aliphatic rings. The van der Waals surface area contributed by atoms with E-state index in [1.54, 1.807) is 58.8 Å². The Kier molecular flexibility index (Phi) is 6.21. The first-order chi connectivity index (χ1) is 18.4. The van der Waals surface area contributed by atoms with Crippen molar-refractivity contribution in [2.75, 3.05) is 35.8 Å². The number of para-hydroxylation sites is 2. The largest absolute Gasteiger partial charge is 0.345 e. The summed E-state index contributed by atoms with van der Waals surface area (Å²) >= 11 is 1.66. The molecule has 1 amide bonds. The summed E-state index contributed by atoms with van der Waals surface area (Å²) < 4.78 is 30.5. The zero-order valence-corrected chi connectivity index (χ0v) is 22.3. The van der Waals surface area contributed by atoms with E-state index in [0.29, 0.717) is 37.3 Å². The lowest BCUT2D eigenvalue weighted by molar-refractivity contribution is 0.0748. The van der Waals surface area contributed by atoms with Crippen molar-refractivity contribution in [1.29, 1.82) is 0 Å². The van der Waals surface area contributed by atoms with E-state index in [4.69, 9.17) is 4.98 Å². The van der Waals surface area contributed by atoms with Crippen molar-refractivity contribution in [2.24, 2.45) is 0 Å². The molecule has 0 radical (unpaired) electrons. The van der Waals surface area contributed by atoms with Gasteiger partial charge in [0.25, 0.3) is 15.9 Å². The van der Waals surface area contributed by atoms with Gasteiger partial charge < -0.3 is 9.80 Å². The maximum absolute atomic E-state index is 13.5. The van der Waals surface area contributed by atoms with Crippen LogP contribution in [0.1, 0.15) is 15.9 Å². The highest BCUT2D eigenvalue weighted by Crippen LogP contribution is 2.31. The van der Waals surface area contributed by atoms with E-state index in [0.717, 1.165) is 20.7 Å². The van der Waals surface area contributed by atoms with Gasteiger partial charge in [0, 0.05) is 37.8 Å². The van der Waals surface area contributed by atoms with Crippen molar-refractivity contribution >= 4 is 59.2 Å². The van der Waals surface area contributed by atoms with Crippen molar-refractivity contribution in [3.8, 4) is 0 Å². The van der Waals surface area contributed by atoms with E-state index in [1.807, 2.05) is 18.2 Å². The van der Waals surface area contributed by atoms with Gasteiger partial charge in [0.05, 0.1) is 27.0 Å². The van der Waals surface area contributed by atoms with Crippen molar-refractivity contribution in [2.45, 2.75) is 11.8 Å². The van der Waals surface area contributed by atoms with Crippen molar-refractivity contribution in [3.05, 3.63) is 90.1 Å². The van der Waals surface area contributed by atoms with E-state index in [1.165, 1.54) is 11.6 Å². The second kappa shape index (κ2) is 9.70. The summed E-state index contributed by atoms with van der Waals surface area (Å²) in [6.07, 6.45) is 1.56. The van der Waals surface area contributed by atoms with Gasteiger partial charge in [0.2, 0.25) is 0 Å². The second-order valence-electron chi connectivity index (χ2n) is 9.23. The predicted octanol–water partition coefficient (Wildman–Crippen LogP) is 4.92. The molecule has 6 rings (SSSR count). The summed E-state index contributed by atoms with van der Waals surface area (Å²) in [5.41, 5.74) is 3.13. The Balaban J connectivity index is 1.20. The molecule has 1 fully saturated rings. The molecule has 0 atom stereocenters. The quantitative estimate of drug-likeness (QED) is 0.338. The molecule has 0 aliphatic carbocycles. The number of aryl methyl sites for hydroxylation is 1. The van der Waals surface area contributed by atoms with Crippen molar-refractivity contribution in [3.63, 3.8) is 0 Å². The van der Waals surface area contributed by atoms with Crippen LogP contribution in [0.25, 0.3) is 21.1 Å². The van der Waals surface area contributed by atoms with E-state index >= 15 is 0 Å². The minimum Gasteiger partial charge on any atom is -0.345 e. The van der Waals surface area contributed by atoms with E-state index < -0.39 is 10.0 Å². The fourth-order valence-electron chi connectivity index (χ4n) is 4.68. The van der Waals surface area contributed by atoms with Gasteiger partial charge in [-0.3, -0.25) is 14.5 Å². The SMILES string of the molecule is Cc1ccc2nc(N3CCN(C(=O)c4ccccc4NS(=O)(=O)c4cccc5cccnc45)CC3)sc2c1. The number of aromatic nitrogens is 2. The normalized spacial score (nSPS) is 14.2. The summed E-state index contributed by atoms with van der Waals surface area (Å²) in [4.78, 5) is 26.6. The lowest BCUT2D eigenvalue weighted by Gasteiger charge is -2.34. The Labute approximate surface area is 224 Å². The van der Waals surface area contributed by atoms with Crippen LogP contribution in [-0.4, -0.2) is 55.4 Å². The Morgan fingerprint density at radius 1 is 0.947 bits per heavy atom. The third-order valence-electron chi connectivity index (χ3n) is 6.66. The maximum atomic E-state index is 13.5. The smallest absolute Gasteiger partial charge is 0.264 e. The van der Waals surface area contributed by atoms with Gasteiger partial charge >= 0.3 is 0 Å². The lowest BCUT2D eigenvalue weighted by Crippen LogP contribution is -2.48. The molecule has 2 aromatic heterocycles. The number of thiazole rings is 1. The topological polar surface area (TPSA) is 95.5 Å². The highest BCUT2D eigenvalue weighted by atomic mass is 32.2. The van der Waals surface area contributed by atoms with Gasteiger partial charge in [-0.1, -0.05) is 47.7 Å². The molecule has 0 unspecified atom stereocenters. The molecule has 0 saturated carbocycles. The summed E-state index contributed by atoms with van der Waals surface area (Å²) in [6, 6.07) is 21.6. The molecule has 0 spiro atoms. The Bertz CT molecular complexity index is 1770. The fourth-order valence-corrected chi connectivity index (χ4v) is 7.05. The van der Waals surface area contributed by atoms with Crippen LogP contribution in [0.4, 0.5) is 10.8 Å². The summed E-state index contributed by atoms with van der Waals surface area (Å²) in [6.45, 7) is 4.41. The number of anilines is 2. The van der Waals surface area contributed by atoms with E-state index in [-0.39, 0.29) is 16.5 Å². The van der Waals surface area contributed by atoms with Gasteiger partial charge in [-0.25, -0.2) is 13.4 Å². The third-order valence-corrected chi connectivity index (χ3v) is 9.13. The average molecular weight is 544 g/mol. The number of rotatable bonds is 5. The number of carbonyl (C=O) groups is 1. The van der Waals surface area contributed by atoms with Crippen LogP contribution in [0.5, 0.6) is 0 Å². The number of benzene rings is 3. The van der Waals surface area contributed by atoms with Crippen LogP contribution < -0.4 is 9.62 Å². The summed E-state index contributed by atoms with van der Waals surface area (Å²) in [7, 11) is -3.99. The molecule has 10 heteroatoms. The van der Waals surface area contributed by atoms with Crippen molar-refractivity contribution < 1.29 is 13.2 Å². The number of nitrogens with one attached hydrogen (secondary N) is 1. The predicted molar refractivity (Wildman–Crippen MR) is 151 cm³/mol. The molecule has 0 bridgehead atoms. The van der Waals surface area contributed by atoms with Crippen LogP contribution in [0.3, 0.4) is 0 Å². The molecule has 8 nitrogen and oxygen atoms in total. The molecule has 5 aromatic rings. The third kappa shape index (κ3) is 4.57. The maximum Gasteiger partial charge on any atom is 0.264 e. The first kappa shape index (κ1) is 24.3. The summed E-state index contributed by atoms with van der Waals surface area (Å²) in [5.74, 6) is -0.209. The zero-order valence-electron chi connectivity index (χ0n) is 20.7. The first-order valence-electron chi connectivity index (χ1n) is 12.3. The highest BCUT2D eigenvalue weighted by Gasteiger charge is 2.27. The standard InChI is InChI=1S/C28H25N5O3S2/c1-19-11-12-23-24(18-19)37-28(30-23)33-16-14-32(15-17-33)27(34)21-8-2-3-9-22(21)31-38(35,36)25-10-4-6-20-7-5-13-29-26(20)25/h2-13,18,31H,14-17H2,1H3. The van der Waals surface area contributed by atoms with Crippen LogP contribution in [0, 0.1) is 6.92 Å². The number of amides is 1.